The number of benzene rings is 8. The third kappa shape index (κ3) is 9.27. The van der Waals surface area contributed by atoms with Crippen molar-refractivity contribution in [3.8, 4) is 56.4 Å². The highest BCUT2D eigenvalue weighted by Gasteiger charge is 2.34. The summed E-state index contributed by atoms with van der Waals surface area (Å²) < 4.78 is 33.0. The fourth-order valence-corrected chi connectivity index (χ4v) is 8.86. The molecular formula is C60H52N2O8. The van der Waals surface area contributed by atoms with Crippen molar-refractivity contribution in [2.45, 2.75) is 13.8 Å². The Labute approximate surface area is 408 Å². The highest BCUT2D eigenvalue weighted by Crippen LogP contribution is 2.49. The SMILES string of the molecule is CCOC(=O)C(C(=O)OCC)=C1c2cc(-c3ccc(N(c4ccc(OC)cc4)c4ccc(OC)cc4)cc3)ccc2-c2ccc(-c3ccc(N(c4ccc(OC)cc4)c4ccc(OC)cc4)cc3)cc21. The van der Waals surface area contributed by atoms with E-state index >= 15 is 0 Å². The molecule has 9 rings (SSSR count). The normalized spacial score (nSPS) is 11.2. The summed E-state index contributed by atoms with van der Waals surface area (Å²) in [5.74, 6) is 1.57. The van der Waals surface area contributed by atoms with Crippen LogP contribution >= 0.6 is 0 Å². The molecule has 0 amide bonds. The highest BCUT2D eigenvalue weighted by molar-refractivity contribution is 6.25. The molecule has 0 unspecified atom stereocenters. The second-order valence-corrected chi connectivity index (χ2v) is 16.3. The van der Waals surface area contributed by atoms with E-state index in [4.69, 9.17) is 28.4 Å². The van der Waals surface area contributed by atoms with Gasteiger partial charge in [-0.15, -0.1) is 0 Å². The number of hydrogen-bond donors (Lipinski definition) is 0. The minimum absolute atomic E-state index is 0.0850. The molecule has 0 bridgehead atoms. The van der Waals surface area contributed by atoms with Gasteiger partial charge in [0, 0.05) is 39.7 Å². The van der Waals surface area contributed by atoms with Crippen LogP contribution < -0.4 is 28.7 Å². The number of rotatable bonds is 16. The van der Waals surface area contributed by atoms with Crippen LogP contribution in [0.4, 0.5) is 34.1 Å². The van der Waals surface area contributed by atoms with Crippen LogP contribution in [0.1, 0.15) is 25.0 Å². The van der Waals surface area contributed by atoms with E-state index in [-0.39, 0.29) is 18.8 Å². The Hall–Kier alpha value is -8.76. The molecule has 0 atom stereocenters. The van der Waals surface area contributed by atoms with Gasteiger partial charge in [0.05, 0.1) is 41.7 Å². The number of fused-ring (bicyclic) bond motifs is 3. The molecule has 0 saturated heterocycles. The van der Waals surface area contributed by atoms with E-state index in [1.165, 1.54) is 0 Å². The van der Waals surface area contributed by atoms with Gasteiger partial charge in [0.25, 0.3) is 0 Å². The number of carbonyl (C=O) groups is 2. The summed E-state index contributed by atoms with van der Waals surface area (Å²) in [6.45, 7) is 3.61. The first-order valence-electron chi connectivity index (χ1n) is 23.0. The monoisotopic (exact) mass is 928 g/mol. The van der Waals surface area contributed by atoms with E-state index in [9.17, 15) is 9.59 Å². The van der Waals surface area contributed by atoms with Crippen LogP contribution in [0.15, 0.2) is 188 Å². The smallest absolute Gasteiger partial charge is 0.346 e. The van der Waals surface area contributed by atoms with Crippen LogP contribution in [0.2, 0.25) is 0 Å². The van der Waals surface area contributed by atoms with Gasteiger partial charge in [-0.1, -0.05) is 48.5 Å². The van der Waals surface area contributed by atoms with Crippen molar-refractivity contribution in [3.05, 3.63) is 199 Å². The van der Waals surface area contributed by atoms with Gasteiger partial charge in [0.1, 0.15) is 23.0 Å². The second-order valence-electron chi connectivity index (χ2n) is 16.3. The first-order chi connectivity index (χ1) is 34.2. The number of methoxy groups -OCH3 is 4. The van der Waals surface area contributed by atoms with Crippen molar-refractivity contribution in [1.82, 2.24) is 0 Å². The third-order valence-electron chi connectivity index (χ3n) is 12.3. The fourth-order valence-electron chi connectivity index (χ4n) is 8.86. The number of carbonyl (C=O) groups excluding carboxylic acids is 2. The molecule has 0 fully saturated rings. The molecular weight excluding hydrogens is 877 g/mol. The van der Waals surface area contributed by atoms with Gasteiger partial charge < -0.3 is 38.2 Å². The summed E-state index contributed by atoms with van der Waals surface area (Å²) in [5.41, 5.74) is 12.9. The lowest BCUT2D eigenvalue weighted by Crippen LogP contribution is -2.20. The molecule has 350 valence electrons. The van der Waals surface area contributed by atoms with Crippen molar-refractivity contribution in [2.24, 2.45) is 0 Å². The zero-order valence-corrected chi connectivity index (χ0v) is 39.9. The molecule has 0 heterocycles. The summed E-state index contributed by atoms with van der Waals surface area (Å²) in [6, 6.07) is 60.7. The van der Waals surface area contributed by atoms with Gasteiger partial charge in [-0.25, -0.2) is 9.59 Å². The predicted molar refractivity (Wildman–Crippen MR) is 278 cm³/mol. The summed E-state index contributed by atoms with van der Waals surface area (Å²) in [6.07, 6.45) is 0. The van der Waals surface area contributed by atoms with Crippen LogP contribution in [0.25, 0.3) is 39.0 Å². The van der Waals surface area contributed by atoms with E-state index < -0.39 is 11.9 Å². The van der Waals surface area contributed by atoms with Crippen LogP contribution in [-0.2, 0) is 19.1 Å². The molecule has 10 heteroatoms. The first-order valence-corrected chi connectivity index (χ1v) is 23.0. The third-order valence-corrected chi connectivity index (χ3v) is 12.3. The van der Waals surface area contributed by atoms with E-state index in [0.29, 0.717) is 5.57 Å². The molecule has 8 aromatic carbocycles. The minimum atomic E-state index is -0.742. The van der Waals surface area contributed by atoms with Crippen molar-refractivity contribution in [2.75, 3.05) is 51.5 Å². The van der Waals surface area contributed by atoms with Crippen LogP contribution in [0, 0.1) is 0 Å². The van der Waals surface area contributed by atoms with Crippen molar-refractivity contribution >= 4 is 51.6 Å². The van der Waals surface area contributed by atoms with Crippen LogP contribution in [0.3, 0.4) is 0 Å². The number of anilines is 6. The van der Waals surface area contributed by atoms with Gasteiger partial charge in [0.15, 0.2) is 5.57 Å². The van der Waals surface area contributed by atoms with E-state index in [0.717, 1.165) is 102 Å². The largest absolute Gasteiger partial charge is 0.497 e. The number of esters is 2. The standard InChI is InChI=1S/C60H52N2O8/c1-7-69-59(63)58(60(64)70-8-2)57-55-37-41(39-9-15-43(16-10-39)61(45-19-27-49(65-3)28-20-45)46-21-29-50(66-4)30-22-46)13-35-53(55)54-36-14-42(38-56(54)57)40-11-17-44(18-12-40)62(47-23-31-51(67-5)32-24-47)48-25-33-52(68-6)34-26-48/h9-38H,7-8H2,1-6H3. The summed E-state index contributed by atoms with van der Waals surface area (Å²) in [7, 11) is 6.61. The number of ether oxygens (including phenoxy) is 6. The minimum Gasteiger partial charge on any atom is -0.497 e. The predicted octanol–water partition coefficient (Wildman–Crippen LogP) is 13.9. The van der Waals surface area contributed by atoms with Gasteiger partial charge in [-0.05, 0) is 192 Å². The summed E-state index contributed by atoms with van der Waals surface area (Å²) >= 11 is 0. The van der Waals surface area contributed by atoms with Gasteiger partial charge in [-0.3, -0.25) is 0 Å². The maximum atomic E-state index is 14.0. The Bertz CT molecular complexity index is 2860. The first kappa shape index (κ1) is 46.4. The topological polar surface area (TPSA) is 96.0 Å². The average Bonchev–Trinajstić information content (AvgIpc) is 3.72. The Morgan fingerprint density at radius 2 is 0.600 bits per heavy atom. The Morgan fingerprint density at radius 1 is 0.343 bits per heavy atom. The maximum absolute atomic E-state index is 14.0. The number of hydrogen-bond acceptors (Lipinski definition) is 10. The van der Waals surface area contributed by atoms with Crippen molar-refractivity contribution < 1.29 is 38.0 Å². The van der Waals surface area contributed by atoms with Crippen LogP contribution in [-0.4, -0.2) is 53.6 Å². The molecule has 0 N–H and O–H groups in total. The molecule has 0 aliphatic heterocycles. The van der Waals surface area contributed by atoms with E-state index in [1.54, 1.807) is 42.3 Å². The quantitative estimate of drug-likeness (QED) is 0.0403. The fraction of sp³-hybridized carbons (Fsp3) is 0.133. The van der Waals surface area contributed by atoms with Gasteiger partial charge >= 0.3 is 11.9 Å². The zero-order valence-electron chi connectivity index (χ0n) is 39.9. The molecule has 0 saturated carbocycles. The molecule has 8 aromatic rings. The van der Waals surface area contributed by atoms with E-state index in [1.807, 2.05) is 109 Å². The Kier molecular flexibility index (Phi) is 13.7. The lowest BCUT2D eigenvalue weighted by molar-refractivity contribution is -0.146. The van der Waals surface area contributed by atoms with Crippen molar-refractivity contribution in [1.29, 1.82) is 0 Å². The molecule has 10 nitrogen and oxygen atoms in total. The number of nitrogens with zero attached hydrogens (tertiary/aromatic N) is 2. The Balaban J connectivity index is 1.10. The lowest BCUT2D eigenvalue weighted by atomic mass is 9.93. The molecule has 0 aromatic heterocycles. The van der Waals surface area contributed by atoms with Crippen molar-refractivity contribution in [3.63, 3.8) is 0 Å². The van der Waals surface area contributed by atoms with Crippen LogP contribution in [0.5, 0.6) is 23.0 Å². The molecule has 1 aliphatic rings. The summed E-state index contributed by atoms with van der Waals surface area (Å²) in [5, 5.41) is 0. The lowest BCUT2D eigenvalue weighted by Gasteiger charge is -2.26. The second kappa shape index (κ2) is 20.6. The van der Waals surface area contributed by atoms with E-state index in [2.05, 4.69) is 82.6 Å². The highest BCUT2D eigenvalue weighted by atomic mass is 16.6. The average molecular weight is 929 g/mol. The maximum Gasteiger partial charge on any atom is 0.346 e. The zero-order chi connectivity index (χ0) is 48.7. The summed E-state index contributed by atoms with van der Waals surface area (Å²) in [4.78, 5) is 32.3. The molecule has 0 spiro atoms. The molecule has 1 aliphatic carbocycles. The molecule has 0 radical (unpaired) electrons. The Morgan fingerprint density at radius 3 is 0.857 bits per heavy atom. The molecule has 70 heavy (non-hydrogen) atoms. The van der Waals surface area contributed by atoms with Gasteiger partial charge in [-0.2, -0.15) is 0 Å². The van der Waals surface area contributed by atoms with Gasteiger partial charge in [0.2, 0.25) is 0 Å².